The molecule has 0 bridgehead atoms. The summed E-state index contributed by atoms with van der Waals surface area (Å²) in [6.45, 7) is 4.82. The molecule has 20 heavy (non-hydrogen) atoms. The lowest BCUT2D eigenvalue weighted by Gasteiger charge is -2.23. The summed E-state index contributed by atoms with van der Waals surface area (Å²) in [7, 11) is -7.55. The molecule has 0 amide bonds. The van der Waals surface area contributed by atoms with Crippen molar-refractivity contribution in [3.63, 3.8) is 0 Å². The smallest absolute Gasteiger partial charge is 0.348 e. The van der Waals surface area contributed by atoms with Gasteiger partial charge in [0.05, 0.1) is 18.1 Å². The first-order chi connectivity index (χ1) is 9.28. The van der Waals surface area contributed by atoms with Crippen molar-refractivity contribution in [1.29, 1.82) is 0 Å². The van der Waals surface area contributed by atoms with Gasteiger partial charge in [0, 0.05) is 5.69 Å². The Balaban J connectivity index is 3.19. The Kier molecular flexibility index (Phi) is 5.77. The first kappa shape index (κ1) is 17.2. The fraction of sp³-hybridized carbons (Fsp3) is 0.500. The third-order valence-corrected chi connectivity index (χ3v) is 8.28. The Labute approximate surface area is 119 Å². The fourth-order valence-corrected chi connectivity index (χ4v) is 5.84. The topological polar surface area (TPSA) is 95.7 Å². The van der Waals surface area contributed by atoms with E-state index in [0.29, 0.717) is 5.69 Å². The number of nitrogen functional groups attached to an aromatic ring is 1. The lowest BCUT2D eigenvalue weighted by atomic mass is 10.3. The van der Waals surface area contributed by atoms with Crippen molar-refractivity contribution in [1.82, 2.24) is 0 Å². The molecule has 1 unspecified atom stereocenters. The second-order valence-corrected chi connectivity index (χ2v) is 9.08. The van der Waals surface area contributed by atoms with Gasteiger partial charge in [-0.1, -0.05) is 0 Å². The van der Waals surface area contributed by atoms with Crippen molar-refractivity contribution < 1.29 is 22.0 Å². The zero-order valence-electron chi connectivity index (χ0n) is 11.8. The van der Waals surface area contributed by atoms with Crippen LogP contribution >= 0.6 is 7.60 Å². The van der Waals surface area contributed by atoms with Crippen LogP contribution in [0.2, 0.25) is 0 Å². The Morgan fingerprint density at radius 2 is 1.60 bits per heavy atom. The zero-order valence-corrected chi connectivity index (χ0v) is 13.5. The van der Waals surface area contributed by atoms with Gasteiger partial charge in [0.15, 0.2) is 14.8 Å². The van der Waals surface area contributed by atoms with Crippen LogP contribution in [0.4, 0.5) is 5.69 Å². The summed E-state index contributed by atoms with van der Waals surface area (Å²) in [6, 6.07) is 5.71. The van der Waals surface area contributed by atoms with Crippen molar-refractivity contribution in [3.05, 3.63) is 24.3 Å². The van der Waals surface area contributed by atoms with Crippen LogP contribution in [0.3, 0.4) is 0 Å². The molecule has 1 aromatic rings. The normalized spacial score (nSPS) is 14.2. The van der Waals surface area contributed by atoms with Crippen molar-refractivity contribution in [2.45, 2.75) is 30.7 Å². The molecular weight excluding hydrogens is 301 g/mol. The number of nitrogens with two attached hydrogens (primary N) is 1. The summed E-state index contributed by atoms with van der Waals surface area (Å²) < 4.78 is 47.7. The van der Waals surface area contributed by atoms with Crippen LogP contribution in [0.5, 0.6) is 0 Å². The summed E-state index contributed by atoms with van der Waals surface area (Å²) in [4.78, 5) is -1.24. The third kappa shape index (κ3) is 3.61. The highest BCUT2D eigenvalue weighted by atomic mass is 32.2. The summed E-state index contributed by atoms with van der Waals surface area (Å²) >= 11 is 0. The Morgan fingerprint density at radius 3 is 2.00 bits per heavy atom. The second-order valence-electron chi connectivity index (χ2n) is 4.09. The average Bonchev–Trinajstić information content (AvgIpc) is 2.39. The summed E-state index contributed by atoms with van der Waals surface area (Å²) in [5.41, 5.74) is 5.98. The van der Waals surface area contributed by atoms with Crippen molar-refractivity contribution >= 4 is 23.1 Å². The molecule has 0 radical (unpaired) electrons. The van der Waals surface area contributed by atoms with E-state index in [9.17, 15) is 13.0 Å². The fourth-order valence-electron chi connectivity index (χ4n) is 1.63. The van der Waals surface area contributed by atoms with Gasteiger partial charge in [0.2, 0.25) is 0 Å². The van der Waals surface area contributed by atoms with Gasteiger partial charge in [0.1, 0.15) is 0 Å². The predicted molar refractivity (Wildman–Crippen MR) is 78.4 cm³/mol. The van der Waals surface area contributed by atoms with Crippen LogP contribution < -0.4 is 5.73 Å². The maximum atomic E-state index is 12.6. The number of rotatable bonds is 7. The Morgan fingerprint density at radius 1 is 1.15 bits per heavy atom. The highest BCUT2D eigenvalue weighted by molar-refractivity contribution is 7.98. The molecule has 0 aromatic heterocycles. The van der Waals surface area contributed by atoms with Crippen LogP contribution in [0.25, 0.3) is 0 Å². The minimum Gasteiger partial charge on any atom is -0.399 e. The van der Waals surface area contributed by atoms with Crippen LogP contribution in [0.1, 0.15) is 20.8 Å². The average molecular weight is 321 g/mol. The van der Waals surface area contributed by atoms with Crippen molar-refractivity contribution in [2.75, 3.05) is 18.9 Å². The lowest BCUT2D eigenvalue weighted by Crippen LogP contribution is -2.21. The molecule has 0 spiro atoms. The molecule has 0 aliphatic carbocycles. The van der Waals surface area contributed by atoms with Gasteiger partial charge in [0.25, 0.3) is 0 Å². The quantitative estimate of drug-likeness (QED) is 0.612. The molecular formula is C12H20NO5PS. The SMILES string of the molecule is CCOP(=O)(OCC)C(C)S(=O)(=O)c1ccc(N)cc1. The lowest BCUT2D eigenvalue weighted by molar-refractivity contribution is 0.218. The van der Waals surface area contributed by atoms with Crippen LogP contribution in [0, 0.1) is 0 Å². The first-order valence-corrected chi connectivity index (χ1v) is 9.42. The maximum Gasteiger partial charge on any atom is 0.348 e. The molecule has 6 nitrogen and oxygen atoms in total. The van der Waals surface area contributed by atoms with Gasteiger partial charge in [-0.15, -0.1) is 0 Å². The monoisotopic (exact) mass is 321 g/mol. The first-order valence-electron chi connectivity index (χ1n) is 6.26. The minimum atomic E-state index is -3.83. The zero-order chi connectivity index (χ0) is 15.4. The van der Waals surface area contributed by atoms with Gasteiger partial charge in [-0.3, -0.25) is 4.57 Å². The van der Waals surface area contributed by atoms with E-state index in [1.807, 2.05) is 0 Å². The predicted octanol–water partition coefficient (Wildman–Crippen LogP) is 2.65. The Hall–Kier alpha value is -0.880. The highest BCUT2D eigenvalue weighted by Gasteiger charge is 2.42. The van der Waals surface area contributed by atoms with Crippen molar-refractivity contribution in [2.24, 2.45) is 0 Å². The van der Waals surface area contributed by atoms with E-state index in [2.05, 4.69) is 0 Å². The molecule has 0 aliphatic rings. The number of hydrogen-bond donors (Lipinski definition) is 1. The van der Waals surface area contributed by atoms with Gasteiger partial charge < -0.3 is 14.8 Å². The summed E-state index contributed by atoms with van der Waals surface area (Å²) in [5, 5.41) is 0. The number of anilines is 1. The molecule has 2 N–H and O–H groups in total. The summed E-state index contributed by atoms with van der Waals surface area (Å²) in [5.74, 6) is 0. The standard InChI is InChI=1S/C12H20NO5PS/c1-4-17-19(14,18-5-2)10(3)20(15,16)12-8-6-11(13)7-9-12/h6-10H,4-5,13H2,1-3H3. The maximum absolute atomic E-state index is 12.6. The molecule has 0 aliphatic heterocycles. The molecule has 0 saturated heterocycles. The summed E-state index contributed by atoms with van der Waals surface area (Å²) in [6.07, 6.45) is 0. The number of benzene rings is 1. The Bertz CT molecular complexity index is 574. The molecule has 1 rings (SSSR count). The largest absolute Gasteiger partial charge is 0.399 e. The van der Waals surface area contributed by atoms with E-state index in [-0.39, 0.29) is 18.1 Å². The second kappa shape index (κ2) is 6.72. The van der Waals surface area contributed by atoms with Crippen LogP contribution in [0.15, 0.2) is 29.2 Å². The minimum absolute atomic E-state index is 0.0406. The van der Waals surface area contributed by atoms with E-state index in [4.69, 9.17) is 14.8 Å². The van der Waals surface area contributed by atoms with E-state index in [1.165, 1.54) is 31.2 Å². The van der Waals surface area contributed by atoms with Gasteiger partial charge in [-0.2, -0.15) is 0 Å². The van der Waals surface area contributed by atoms with E-state index in [0.717, 1.165) is 0 Å². The number of sulfone groups is 1. The molecule has 0 heterocycles. The van der Waals surface area contributed by atoms with E-state index >= 15 is 0 Å². The molecule has 1 aromatic carbocycles. The van der Waals surface area contributed by atoms with Crippen LogP contribution in [-0.2, 0) is 23.4 Å². The number of hydrogen-bond acceptors (Lipinski definition) is 6. The van der Waals surface area contributed by atoms with Crippen LogP contribution in [-0.4, -0.2) is 26.6 Å². The van der Waals surface area contributed by atoms with Gasteiger partial charge in [-0.25, -0.2) is 8.42 Å². The van der Waals surface area contributed by atoms with Gasteiger partial charge in [-0.05, 0) is 45.0 Å². The molecule has 1 atom stereocenters. The van der Waals surface area contributed by atoms with Crippen molar-refractivity contribution in [3.8, 4) is 0 Å². The molecule has 0 saturated carbocycles. The molecule has 8 heteroatoms. The van der Waals surface area contributed by atoms with E-state index in [1.54, 1.807) is 13.8 Å². The molecule has 114 valence electrons. The van der Waals surface area contributed by atoms with E-state index < -0.39 is 22.4 Å². The molecule has 0 fully saturated rings. The third-order valence-electron chi connectivity index (χ3n) is 2.72. The highest BCUT2D eigenvalue weighted by Crippen LogP contribution is 2.55. The van der Waals surface area contributed by atoms with Gasteiger partial charge >= 0.3 is 7.60 Å².